The zero-order chi connectivity index (χ0) is 14.4. The summed E-state index contributed by atoms with van der Waals surface area (Å²) in [6, 6.07) is 6.28. The summed E-state index contributed by atoms with van der Waals surface area (Å²) in [6.45, 7) is 6.61. The van der Waals surface area contributed by atoms with Crippen LogP contribution >= 0.6 is 0 Å². The first-order chi connectivity index (χ1) is 10.2. The van der Waals surface area contributed by atoms with Crippen molar-refractivity contribution in [2.45, 2.75) is 19.8 Å². The number of anilines is 2. The van der Waals surface area contributed by atoms with E-state index in [0.29, 0.717) is 5.41 Å². The van der Waals surface area contributed by atoms with Crippen LogP contribution in [0.2, 0.25) is 0 Å². The highest BCUT2D eigenvalue weighted by atomic mass is 15.2. The van der Waals surface area contributed by atoms with Gasteiger partial charge in [-0.15, -0.1) is 0 Å². The Hall–Kier alpha value is -1.81. The predicted octanol–water partition coefficient (Wildman–Crippen LogP) is 2.32. The number of rotatable bonds is 1. The molecule has 21 heavy (non-hydrogen) atoms. The zero-order valence-electron chi connectivity index (χ0n) is 12.5. The fourth-order valence-electron chi connectivity index (χ4n) is 3.96. The number of nitrogen functional groups attached to an aromatic ring is 1. The maximum atomic E-state index is 6.18. The van der Waals surface area contributed by atoms with E-state index in [1.54, 1.807) is 0 Å². The lowest BCUT2D eigenvalue weighted by atomic mass is 9.86. The number of fused-ring (bicyclic) bond motifs is 1. The Kier molecular flexibility index (Phi) is 2.82. The van der Waals surface area contributed by atoms with Gasteiger partial charge in [0, 0.05) is 47.7 Å². The van der Waals surface area contributed by atoms with Gasteiger partial charge in [-0.05, 0) is 50.1 Å². The molecule has 0 amide bonds. The summed E-state index contributed by atoms with van der Waals surface area (Å²) in [5, 5.41) is 5.83. The van der Waals surface area contributed by atoms with Gasteiger partial charge in [-0.1, -0.05) is 0 Å². The Morgan fingerprint density at radius 3 is 3.00 bits per heavy atom. The van der Waals surface area contributed by atoms with E-state index in [4.69, 9.17) is 5.73 Å². The molecule has 2 saturated heterocycles. The third kappa shape index (κ3) is 2.05. The molecule has 3 heterocycles. The van der Waals surface area contributed by atoms with Crippen molar-refractivity contribution >= 4 is 22.3 Å². The van der Waals surface area contributed by atoms with Crippen molar-refractivity contribution in [1.82, 2.24) is 10.3 Å². The summed E-state index contributed by atoms with van der Waals surface area (Å²) in [4.78, 5) is 7.13. The number of hydrogen-bond acceptors (Lipinski definition) is 4. The molecule has 4 rings (SSSR count). The minimum absolute atomic E-state index is 0.458. The van der Waals surface area contributed by atoms with Crippen LogP contribution in [0.25, 0.3) is 10.8 Å². The second kappa shape index (κ2) is 4.60. The van der Waals surface area contributed by atoms with Crippen LogP contribution in [0.1, 0.15) is 18.4 Å². The first kappa shape index (κ1) is 12.9. The van der Waals surface area contributed by atoms with Crippen molar-refractivity contribution in [3.63, 3.8) is 0 Å². The molecule has 2 aromatic rings. The van der Waals surface area contributed by atoms with Gasteiger partial charge in [-0.3, -0.25) is 0 Å². The molecular weight excluding hydrogens is 260 g/mol. The molecule has 0 aliphatic carbocycles. The summed E-state index contributed by atoms with van der Waals surface area (Å²) >= 11 is 0. The van der Waals surface area contributed by atoms with Gasteiger partial charge >= 0.3 is 0 Å². The number of aryl methyl sites for hydroxylation is 1. The van der Waals surface area contributed by atoms with Crippen LogP contribution in [0, 0.1) is 12.3 Å². The first-order valence-electron chi connectivity index (χ1n) is 7.77. The monoisotopic (exact) mass is 282 g/mol. The highest BCUT2D eigenvalue weighted by Crippen LogP contribution is 2.40. The molecule has 4 nitrogen and oxygen atoms in total. The number of nitrogens with one attached hydrogen (secondary N) is 1. The third-order valence-electron chi connectivity index (χ3n) is 5.11. The van der Waals surface area contributed by atoms with Gasteiger partial charge < -0.3 is 16.0 Å². The van der Waals surface area contributed by atoms with E-state index in [-0.39, 0.29) is 0 Å². The molecule has 1 spiro atoms. The van der Waals surface area contributed by atoms with Crippen LogP contribution in [-0.2, 0) is 0 Å². The molecule has 0 radical (unpaired) electrons. The van der Waals surface area contributed by atoms with Gasteiger partial charge in [0.15, 0.2) is 0 Å². The lowest BCUT2D eigenvalue weighted by Gasteiger charge is -2.24. The lowest BCUT2D eigenvalue weighted by molar-refractivity contribution is 0.369. The topological polar surface area (TPSA) is 54.2 Å². The number of benzene rings is 1. The van der Waals surface area contributed by atoms with Crippen LogP contribution in [0.15, 0.2) is 24.4 Å². The van der Waals surface area contributed by atoms with Crippen LogP contribution in [0.3, 0.4) is 0 Å². The van der Waals surface area contributed by atoms with Gasteiger partial charge in [0.05, 0.1) is 0 Å². The zero-order valence-corrected chi connectivity index (χ0v) is 12.5. The smallest absolute Gasteiger partial charge is 0.136 e. The number of hydrogen-bond donors (Lipinski definition) is 2. The fourth-order valence-corrected chi connectivity index (χ4v) is 3.96. The van der Waals surface area contributed by atoms with Gasteiger partial charge in [0.1, 0.15) is 5.82 Å². The van der Waals surface area contributed by atoms with Crippen molar-refractivity contribution in [2.75, 3.05) is 36.8 Å². The Morgan fingerprint density at radius 2 is 2.19 bits per heavy atom. The van der Waals surface area contributed by atoms with E-state index >= 15 is 0 Å². The van der Waals surface area contributed by atoms with Crippen molar-refractivity contribution in [3.05, 3.63) is 30.0 Å². The fraction of sp³-hybridized carbons (Fsp3) is 0.471. The summed E-state index contributed by atoms with van der Waals surface area (Å²) in [6.07, 6.45) is 4.44. The maximum Gasteiger partial charge on any atom is 0.136 e. The van der Waals surface area contributed by atoms with Crippen LogP contribution in [-0.4, -0.2) is 31.2 Å². The summed E-state index contributed by atoms with van der Waals surface area (Å²) in [5.41, 5.74) is 8.69. The Morgan fingerprint density at radius 1 is 1.29 bits per heavy atom. The van der Waals surface area contributed by atoms with Crippen LogP contribution < -0.4 is 16.0 Å². The van der Waals surface area contributed by atoms with E-state index in [2.05, 4.69) is 28.2 Å². The molecule has 3 N–H and O–H groups in total. The van der Waals surface area contributed by atoms with E-state index in [0.717, 1.165) is 43.1 Å². The minimum atomic E-state index is 0.458. The standard InChI is InChI=1S/C17H22N4/c1-12-8-14-13(15(18)9-12)2-5-20-16(14)21-7-4-17(11-21)3-6-19-10-17/h2,5,8-9,19H,3-4,6-7,10-11,18H2,1H3. The Bertz CT molecular complexity index is 688. The molecule has 0 bridgehead atoms. The van der Waals surface area contributed by atoms with E-state index in [1.807, 2.05) is 18.3 Å². The van der Waals surface area contributed by atoms with Crippen molar-refractivity contribution < 1.29 is 0 Å². The largest absolute Gasteiger partial charge is 0.398 e. The normalized spacial score (nSPS) is 25.3. The lowest BCUT2D eigenvalue weighted by Crippen LogP contribution is -2.29. The van der Waals surface area contributed by atoms with Crippen LogP contribution in [0.5, 0.6) is 0 Å². The molecule has 2 aliphatic heterocycles. The molecule has 2 fully saturated rings. The third-order valence-corrected chi connectivity index (χ3v) is 5.11. The van der Waals surface area contributed by atoms with E-state index in [1.165, 1.54) is 23.8 Å². The molecular formula is C17H22N4. The van der Waals surface area contributed by atoms with Crippen molar-refractivity contribution in [2.24, 2.45) is 5.41 Å². The molecule has 0 saturated carbocycles. The van der Waals surface area contributed by atoms with Gasteiger partial charge in [0.25, 0.3) is 0 Å². The van der Waals surface area contributed by atoms with Gasteiger partial charge in [0.2, 0.25) is 0 Å². The van der Waals surface area contributed by atoms with Crippen molar-refractivity contribution in [1.29, 1.82) is 0 Å². The molecule has 1 unspecified atom stereocenters. The number of nitrogens with zero attached hydrogens (tertiary/aromatic N) is 2. The Balaban J connectivity index is 1.77. The summed E-state index contributed by atoms with van der Waals surface area (Å²) in [7, 11) is 0. The summed E-state index contributed by atoms with van der Waals surface area (Å²) in [5.74, 6) is 1.10. The number of nitrogens with two attached hydrogens (primary N) is 1. The Labute approximate surface area is 125 Å². The highest BCUT2D eigenvalue weighted by Gasteiger charge is 2.41. The highest BCUT2D eigenvalue weighted by molar-refractivity contribution is 6.00. The average Bonchev–Trinajstić information content (AvgIpc) is 3.09. The molecule has 1 aromatic heterocycles. The number of aromatic nitrogens is 1. The molecule has 1 atom stereocenters. The summed E-state index contributed by atoms with van der Waals surface area (Å²) < 4.78 is 0. The average molecular weight is 282 g/mol. The first-order valence-corrected chi connectivity index (χ1v) is 7.77. The van der Waals surface area contributed by atoms with Crippen LogP contribution in [0.4, 0.5) is 11.5 Å². The second-order valence-electron chi connectivity index (χ2n) is 6.68. The molecule has 1 aromatic carbocycles. The minimum Gasteiger partial charge on any atom is -0.398 e. The molecule has 4 heteroatoms. The second-order valence-corrected chi connectivity index (χ2v) is 6.68. The van der Waals surface area contributed by atoms with E-state index < -0.39 is 0 Å². The van der Waals surface area contributed by atoms with E-state index in [9.17, 15) is 0 Å². The number of pyridine rings is 1. The SMILES string of the molecule is Cc1cc(N)c2ccnc(N3CCC4(CCNC4)C3)c2c1. The van der Waals surface area contributed by atoms with Gasteiger partial charge in [-0.2, -0.15) is 0 Å². The van der Waals surface area contributed by atoms with Gasteiger partial charge in [-0.25, -0.2) is 4.98 Å². The predicted molar refractivity (Wildman–Crippen MR) is 87.6 cm³/mol. The maximum absolute atomic E-state index is 6.18. The quantitative estimate of drug-likeness (QED) is 0.788. The molecule has 110 valence electrons. The van der Waals surface area contributed by atoms with Crippen molar-refractivity contribution in [3.8, 4) is 0 Å². The molecule has 2 aliphatic rings.